The van der Waals surface area contributed by atoms with Gasteiger partial charge in [-0.2, -0.15) is 0 Å². The number of carbonyl (C=O) groups is 4. The molecule has 42 heavy (non-hydrogen) atoms. The minimum absolute atomic E-state index is 0.0173. The van der Waals surface area contributed by atoms with Gasteiger partial charge < -0.3 is 26.0 Å². The van der Waals surface area contributed by atoms with Crippen molar-refractivity contribution in [3.05, 3.63) is 47.6 Å². The van der Waals surface area contributed by atoms with Crippen LogP contribution in [0.1, 0.15) is 73.1 Å². The molecule has 9 heteroatoms. The highest BCUT2D eigenvalue weighted by Crippen LogP contribution is 2.65. The van der Waals surface area contributed by atoms with Crippen LogP contribution >= 0.6 is 0 Å². The lowest BCUT2D eigenvalue weighted by Crippen LogP contribution is -2.59. The Morgan fingerprint density at radius 1 is 1.10 bits per heavy atom. The monoisotopic (exact) mass is 578 g/mol. The van der Waals surface area contributed by atoms with Crippen molar-refractivity contribution >= 4 is 23.8 Å². The van der Waals surface area contributed by atoms with E-state index >= 15 is 0 Å². The number of ether oxygens (including phenoxy) is 1. The number of amides is 4. The van der Waals surface area contributed by atoms with Crippen LogP contribution in [-0.2, 0) is 19.1 Å². The third kappa shape index (κ3) is 6.20. The Balaban J connectivity index is 1.39. The molecule has 1 heterocycles. The van der Waals surface area contributed by atoms with Crippen LogP contribution in [0.4, 0.5) is 4.79 Å². The molecule has 4 N–H and O–H groups in total. The smallest absolute Gasteiger partial charge is 0.408 e. The summed E-state index contributed by atoms with van der Waals surface area (Å²) in [5.74, 6) is -0.796. The molecule has 5 unspecified atom stereocenters. The molecule has 0 aromatic heterocycles. The highest BCUT2D eigenvalue weighted by Gasteiger charge is 2.69. The number of nitrogens with one attached hydrogen (secondary N) is 2. The highest BCUT2D eigenvalue weighted by atomic mass is 16.6. The Kier molecular flexibility index (Phi) is 7.92. The Hall–Kier alpha value is -3.36. The average molecular weight is 579 g/mol. The summed E-state index contributed by atoms with van der Waals surface area (Å²) in [6.07, 6.45) is 12.6. The number of nitrogens with two attached hydrogens (primary N) is 1. The third-order valence-corrected chi connectivity index (χ3v) is 9.78. The number of nitrogens with zero attached hydrogens (tertiary/aromatic N) is 1. The Morgan fingerprint density at radius 3 is 2.26 bits per heavy atom. The molecule has 0 aromatic rings. The normalized spacial score (nSPS) is 27.5. The standard InChI is InChI=1S/C33H46N4O5/c1-18(28(34)38)24(14-19-12-13-19)35-29(39)27-25-23(33(25,5)6)17-37(27)30(40)26(36-31(41)42-32(2,3)4)22-15-20-10-8-7-9-11-21(20)16-22/h8-11,19,22-27H,1,7,12-17H2,2-6H3,(H2,34,38)(H,35,39)(H,36,41). The van der Waals surface area contributed by atoms with Crippen molar-refractivity contribution in [1.82, 2.24) is 15.5 Å². The molecule has 4 amide bonds. The van der Waals surface area contributed by atoms with Gasteiger partial charge in [0.25, 0.3) is 0 Å². The van der Waals surface area contributed by atoms with Gasteiger partial charge in [-0.05, 0) is 86.7 Å². The van der Waals surface area contributed by atoms with Gasteiger partial charge in [0.15, 0.2) is 0 Å². The van der Waals surface area contributed by atoms with Crippen molar-refractivity contribution in [3.63, 3.8) is 0 Å². The number of fused-ring (bicyclic) bond motifs is 1. The van der Waals surface area contributed by atoms with Gasteiger partial charge in [0, 0.05) is 12.1 Å². The van der Waals surface area contributed by atoms with Gasteiger partial charge in [-0.15, -0.1) is 0 Å². The lowest BCUT2D eigenvalue weighted by Gasteiger charge is -2.36. The molecular formula is C33H46N4O5. The molecule has 228 valence electrons. The summed E-state index contributed by atoms with van der Waals surface area (Å²) >= 11 is 0. The molecule has 5 atom stereocenters. The van der Waals surface area contributed by atoms with Gasteiger partial charge in [0.2, 0.25) is 17.7 Å². The summed E-state index contributed by atoms with van der Waals surface area (Å²) in [6.45, 7) is 13.9. The third-order valence-electron chi connectivity index (χ3n) is 9.78. The first-order valence-electron chi connectivity index (χ1n) is 15.3. The van der Waals surface area contributed by atoms with Crippen molar-refractivity contribution < 1.29 is 23.9 Å². The van der Waals surface area contributed by atoms with Crippen LogP contribution < -0.4 is 16.4 Å². The molecule has 5 aliphatic rings. The summed E-state index contributed by atoms with van der Waals surface area (Å²) in [7, 11) is 0. The number of primary amides is 1. The van der Waals surface area contributed by atoms with E-state index in [0.29, 0.717) is 31.7 Å². The second-order valence-electron chi connectivity index (χ2n) is 14.4. The van der Waals surface area contributed by atoms with E-state index in [2.05, 4.69) is 55.4 Å². The zero-order chi connectivity index (χ0) is 30.6. The Labute approximate surface area is 249 Å². The molecule has 1 aliphatic heterocycles. The molecule has 0 bridgehead atoms. The fourth-order valence-electron chi connectivity index (χ4n) is 7.20. The van der Waals surface area contributed by atoms with Gasteiger partial charge in [0.05, 0.1) is 6.04 Å². The number of alkyl carbamates (subject to hydrolysis) is 1. The number of hydrogen-bond acceptors (Lipinski definition) is 5. The van der Waals surface area contributed by atoms with Crippen LogP contribution in [-0.4, -0.2) is 59.0 Å². The maximum atomic E-state index is 14.4. The zero-order valence-corrected chi connectivity index (χ0v) is 25.6. The maximum absolute atomic E-state index is 14.4. The van der Waals surface area contributed by atoms with Crippen molar-refractivity contribution in [2.75, 3.05) is 6.54 Å². The van der Waals surface area contributed by atoms with Gasteiger partial charge >= 0.3 is 6.09 Å². The van der Waals surface area contributed by atoms with E-state index < -0.39 is 35.7 Å². The lowest BCUT2D eigenvalue weighted by molar-refractivity contribution is -0.143. The largest absolute Gasteiger partial charge is 0.444 e. The van der Waals surface area contributed by atoms with Crippen molar-refractivity contribution in [2.24, 2.45) is 34.8 Å². The predicted molar refractivity (Wildman–Crippen MR) is 160 cm³/mol. The number of carbonyl (C=O) groups excluding carboxylic acids is 4. The van der Waals surface area contributed by atoms with Crippen LogP contribution in [0.3, 0.4) is 0 Å². The van der Waals surface area contributed by atoms with Crippen LogP contribution in [0, 0.1) is 29.1 Å². The van der Waals surface area contributed by atoms with Gasteiger partial charge in [-0.1, -0.05) is 57.6 Å². The van der Waals surface area contributed by atoms with Crippen LogP contribution in [0.5, 0.6) is 0 Å². The minimum Gasteiger partial charge on any atom is -0.444 e. The van der Waals surface area contributed by atoms with Crippen molar-refractivity contribution in [2.45, 2.75) is 96.9 Å². The molecule has 0 radical (unpaired) electrons. The highest BCUT2D eigenvalue weighted by molar-refractivity contribution is 5.96. The van der Waals surface area contributed by atoms with Crippen LogP contribution in [0.15, 0.2) is 47.6 Å². The first-order valence-corrected chi connectivity index (χ1v) is 15.3. The fourth-order valence-corrected chi connectivity index (χ4v) is 7.20. The number of hydrogen-bond donors (Lipinski definition) is 3. The summed E-state index contributed by atoms with van der Waals surface area (Å²) in [5.41, 5.74) is 7.26. The van der Waals surface area contributed by atoms with E-state index in [4.69, 9.17) is 10.5 Å². The molecule has 2 saturated carbocycles. The number of rotatable bonds is 9. The molecule has 0 aromatic carbocycles. The summed E-state index contributed by atoms with van der Waals surface area (Å²) < 4.78 is 5.57. The first-order chi connectivity index (χ1) is 19.7. The fraction of sp³-hybridized carbons (Fsp3) is 0.636. The molecule has 4 aliphatic carbocycles. The van der Waals surface area contributed by atoms with Gasteiger partial charge in [-0.3, -0.25) is 14.4 Å². The molecule has 9 nitrogen and oxygen atoms in total. The topological polar surface area (TPSA) is 131 Å². The molecule has 1 saturated heterocycles. The molecule has 3 fully saturated rings. The minimum atomic E-state index is -0.854. The predicted octanol–water partition coefficient (Wildman–Crippen LogP) is 3.91. The Bertz CT molecular complexity index is 1240. The van der Waals surface area contributed by atoms with E-state index in [1.165, 1.54) is 11.1 Å². The lowest BCUT2D eigenvalue weighted by atomic mass is 9.92. The maximum Gasteiger partial charge on any atom is 0.408 e. The van der Waals surface area contributed by atoms with E-state index in [0.717, 1.165) is 19.3 Å². The summed E-state index contributed by atoms with van der Waals surface area (Å²) in [5, 5.41) is 5.95. The number of allylic oxidation sites excluding steroid dienone is 6. The molecular weight excluding hydrogens is 532 g/mol. The second-order valence-corrected chi connectivity index (χ2v) is 14.4. The van der Waals surface area contributed by atoms with E-state index in [9.17, 15) is 19.2 Å². The quantitative estimate of drug-likeness (QED) is 0.357. The number of piperidine rings is 1. The van der Waals surface area contributed by atoms with Crippen molar-refractivity contribution in [1.29, 1.82) is 0 Å². The summed E-state index contributed by atoms with van der Waals surface area (Å²) in [4.78, 5) is 55.1. The number of likely N-dealkylation sites (tertiary alicyclic amines) is 1. The van der Waals surface area contributed by atoms with Crippen molar-refractivity contribution in [3.8, 4) is 0 Å². The SMILES string of the molecule is C=C(C(N)=O)C(CC1CC1)NC(=O)C1C2C(CN1C(=O)C(NC(=O)OC(C)(C)C)C1CC3=C(C=CCC=C3)C1)C2(C)C. The van der Waals surface area contributed by atoms with Crippen LogP contribution in [0.2, 0.25) is 0 Å². The Morgan fingerprint density at radius 2 is 1.71 bits per heavy atom. The van der Waals surface area contributed by atoms with Gasteiger partial charge in [0.1, 0.15) is 17.7 Å². The molecule has 0 spiro atoms. The van der Waals surface area contributed by atoms with Gasteiger partial charge in [-0.25, -0.2) is 4.79 Å². The first kappa shape index (κ1) is 30.1. The summed E-state index contributed by atoms with van der Waals surface area (Å²) in [6, 6.07) is -2.13. The van der Waals surface area contributed by atoms with E-state index in [1.807, 2.05) is 0 Å². The second kappa shape index (κ2) is 11.0. The van der Waals surface area contributed by atoms with E-state index in [1.54, 1.807) is 25.7 Å². The van der Waals surface area contributed by atoms with Crippen LogP contribution in [0.25, 0.3) is 0 Å². The molecule has 5 rings (SSSR count). The average Bonchev–Trinajstić information content (AvgIpc) is 3.70. The van der Waals surface area contributed by atoms with E-state index in [-0.39, 0.29) is 40.6 Å². The zero-order valence-electron chi connectivity index (χ0n) is 25.6.